The van der Waals surface area contributed by atoms with Gasteiger partial charge in [0.2, 0.25) is 0 Å². The molecule has 118 valence electrons. The molecule has 23 heavy (non-hydrogen) atoms. The van der Waals surface area contributed by atoms with Crippen LogP contribution >= 0.6 is 11.3 Å². The number of nitrogens with zero attached hydrogens (tertiary/aromatic N) is 2. The van der Waals surface area contributed by atoms with Gasteiger partial charge in [0.1, 0.15) is 5.01 Å². The van der Waals surface area contributed by atoms with Crippen molar-refractivity contribution in [3.05, 3.63) is 47.8 Å². The lowest BCUT2D eigenvalue weighted by molar-refractivity contribution is 0.0951. The Balaban J connectivity index is 1.97. The molecule has 0 saturated heterocycles. The molecule has 1 aromatic carbocycles. The molecule has 2 heterocycles. The van der Waals surface area contributed by atoms with E-state index in [0.717, 1.165) is 33.3 Å². The summed E-state index contributed by atoms with van der Waals surface area (Å²) in [6.45, 7) is 4.55. The molecule has 0 radical (unpaired) electrons. The number of H-pyrrole nitrogens is 1. The van der Waals surface area contributed by atoms with Gasteiger partial charge in [-0.1, -0.05) is 37.3 Å². The lowest BCUT2D eigenvalue weighted by atomic mass is 10.2. The van der Waals surface area contributed by atoms with Gasteiger partial charge in [-0.05, 0) is 19.4 Å². The van der Waals surface area contributed by atoms with Crippen molar-refractivity contribution in [2.75, 3.05) is 6.54 Å². The summed E-state index contributed by atoms with van der Waals surface area (Å²) in [6.07, 6.45) is 0.828. The minimum Gasteiger partial charge on any atom is -0.351 e. The zero-order chi connectivity index (χ0) is 16.2. The topological polar surface area (TPSA) is 70.7 Å². The van der Waals surface area contributed by atoms with Gasteiger partial charge >= 0.3 is 0 Å². The van der Waals surface area contributed by atoms with Crippen LogP contribution in [0, 0.1) is 0 Å². The second-order valence-corrected chi connectivity index (χ2v) is 6.04. The quantitative estimate of drug-likeness (QED) is 0.753. The standard InChI is InChI=1S/C17H18N4OS/c1-3-12-15(13-10-14(21-20-13)16(22)18-4-2)23-17(19-12)11-8-6-5-7-9-11/h5-10H,3-4H2,1-2H3,(H,18,22)(H,20,21). The van der Waals surface area contributed by atoms with E-state index in [9.17, 15) is 4.79 Å². The van der Waals surface area contributed by atoms with E-state index in [0.29, 0.717) is 12.2 Å². The van der Waals surface area contributed by atoms with Gasteiger partial charge in [0.15, 0.2) is 5.69 Å². The van der Waals surface area contributed by atoms with Crippen LogP contribution in [0.3, 0.4) is 0 Å². The Kier molecular flexibility index (Phi) is 4.52. The molecule has 0 bridgehead atoms. The molecule has 1 amide bonds. The molecule has 2 N–H and O–H groups in total. The van der Waals surface area contributed by atoms with E-state index in [-0.39, 0.29) is 5.91 Å². The van der Waals surface area contributed by atoms with Crippen LogP contribution in [0.1, 0.15) is 30.0 Å². The van der Waals surface area contributed by atoms with E-state index in [1.165, 1.54) is 0 Å². The molecule has 3 rings (SSSR count). The van der Waals surface area contributed by atoms with E-state index in [1.54, 1.807) is 17.4 Å². The van der Waals surface area contributed by atoms with Crippen LogP contribution < -0.4 is 5.32 Å². The average molecular weight is 326 g/mol. The molecule has 0 aliphatic carbocycles. The van der Waals surface area contributed by atoms with Gasteiger partial charge in [0, 0.05) is 12.1 Å². The van der Waals surface area contributed by atoms with Crippen molar-refractivity contribution in [2.45, 2.75) is 20.3 Å². The van der Waals surface area contributed by atoms with Gasteiger partial charge < -0.3 is 5.32 Å². The fraction of sp³-hybridized carbons (Fsp3) is 0.235. The van der Waals surface area contributed by atoms with Crippen molar-refractivity contribution in [2.24, 2.45) is 0 Å². The third kappa shape index (κ3) is 3.17. The third-order valence-electron chi connectivity index (χ3n) is 3.45. The Morgan fingerprint density at radius 2 is 2.04 bits per heavy atom. The fourth-order valence-corrected chi connectivity index (χ4v) is 3.44. The third-order valence-corrected chi connectivity index (χ3v) is 4.63. The summed E-state index contributed by atoms with van der Waals surface area (Å²) in [4.78, 5) is 17.6. The van der Waals surface area contributed by atoms with Crippen molar-refractivity contribution in [1.29, 1.82) is 0 Å². The number of hydrogen-bond acceptors (Lipinski definition) is 4. The summed E-state index contributed by atoms with van der Waals surface area (Å²) < 4.78 is 0. The maximum absolute atomic E-state index is 11.9. The Hall–Kier alpha value is -2.47. The van der Waals surface area contributed by atoms with Crippen molar-refractivity contribution in [3.63, 3.8) is 0 Å². The van der Waals surface area contributed by atoms with E-state index >= 15 is 0 Å². The predicted molar refractivity (Wildman–Crippen MR) is 92.5 cm³/mol. The van der Waals surface area contributed by atoms with Crippen molar-refractivity contribution < 1.29 is 4.79 Å². The monoisotopic (exact) mass is 326 g/mol. The second-order valence-electron chi connectivity index (χ2n) is 5.04. The second kappa shape index (κ2) is 6.75. The van der Waals surface area contributed by atoms with E-state index in [1.807, 2.05) is 25.1 Å². The SMILES string of the molecule is CCNC(=O)c1cc(-c2sc(-c3ccccc3)nc2CC)[nH]n1. The summed E-state index contributed by atoms with van der Waals surface area (Å²) in [5, 5.41) is 10.8. The maximum Gasteiger partial charge on any atom is 0.271 e. The van der Waals surface area contributed by atoms with Crippen LogP contribution in [-0.4, -0.2) is 27.6 Å². The van der Waals surface area contributed by atoms with Gasteiger partial charge in [-0.15, -0.1) is 11.3 Å². The highest BCUT2D eigenvalue weighted by molar-refractivity contribution is 7.18. The Labute approximate surface area is 138 Å². The van der Waals surface area contributed by atoms with E-state index in [4.69, 9.17) is 4.98 Å². The molecule has 0 aliphatic heterocycles. The molecule has 0 spiro atoms. The lowest BCUT2D eigenvalue weighted by Crippen LogP contribution is -2.22. The van der Waals surface area contributed by atoms with Gasteiger partial charge in [0.05, 0.1) is 16.3 Å². The van der Waals surface area contributed by atoms with Crippen molar-refractivity contribution in [3.8, 4) is 21.1 Å². The molecule has 5 nitrogen and oxygen atoms in total. The maximum atomic E-state index is 11.9. The highest BCUT2D eigenvalue weighted by Crippen LogP contribution is 2.35. The molecular weight excluding hydrogens is 308 g/mol. The zero-order valence-electron chi connectivity index (χ0n) is 13.1. The predicted octanol–water partition coefficient (Wildman–Crippen LogP) is 3.51. The van der Waals surface area contributed by atoms with Crippen LogP contribution in [-0.2, 0) is 6.42 Å². The number of thiazole rings is 1. The largest absolute Gasteiger partial charge is 0.351 e. The summed E-state index contributed by atoms with van der Waals surface area (Å²) in [6, 6.07) is 11.9. The van der Waals surface area contributed by atoms with Crippen LogP contribution in [0.5, 0.6) is 0 Å². The van der Waals surface area contributed by atoms with Crippen LogP contribution in [0.4, 0.5) is 0 Å². The molecule has 2 aromatic heterocycles. The minimum atomic E-state index is -0.166. The first-order chi connectivity index (χ1) is 11.2. The molecule has 0 aliphatic rings. The molecule has 0 fully saturated rings. The van der Waals surface area contributed by atoms with Crippen LogP contribution in [0.15, 0.2) is 36.4 Å². The molecule has 3 aromatic rings. The van der Waals surface area contributed by atoms with Gasteiger partial charge in [-0.25, -0.2) is 4.98 Å². The first kappa shape index (κ1) is 15.4. The zero-order valence-corrected chi connectivity index (χ0v) is 13.9. The Morgan fingerprint density at radius 1 is 1.26 bits per heavy atom. The Bertz CT molecular complexity index is 807. The number of amides is 1. The number of benzene rings is 1. The summed E-state index contributed by atoms with van der Waals surface area (Å²) >= 11 is 1.61. The minimum absolute atomic E-state index is 0.166. The van der Waals surface area contributed by atoms with Gasteiger partial charge in [-0.2, -0.15) is 5.10 Å². The van der Waals surface area contributed by atoms with Crippen molar-refractivity contribution in [1.82, 2.24) is 20.5 Å². The lowest BCUT2D eigenvalue weighted by Gasteiger charge is -1.96. The number of nitrogens with one attached hydrogen (secondary N) is 2. The number of hydrogen-bond donors (Lipinski definition) is 2. The molecule has 0 saturated carbocycles. The summed E-state index contributed by atoms with van der Waals surface area (Å²) in [5.41, 5.74) is 3.35. The highest BCUT2D eigenvalue weighted by Gasteiger charge is 2.17. The van der Waals surface area contributed by atoms with Crippen molar-refractivity contribution >= 4 is 17.2 Å². The fourth-order valence-electron chi connectivity index (χ4n) is 2.31. The number of aromatic amines is 1. The molecule has 0 atom stereocenters. The molecule has 0 unspecified atom stereocenters. The number of rotatable bonds is 5. The summed E-state index contributed by atoms with van der Waals surface area (Å²) in [7, 11) is 0. The first-order valence-corrected chi connectivity index (χ1v) is 8.43. The normalized spacial score (nSPS) is 10.7. The smallest absolute Gasteiger partial charge is 0.271 e. The van der Waals surface area contributed by atoms with Gasteiger partial charge in [-0.3, -0.25) is 9.89 Å². The molecule has 6 heteroatoms. The molecular formula is C17H18N4OS. The highest BCUT2D eigenvalue weighted by atomic mass is 32.1. The number of aryl methyl sites for hydroxylation is 1. The Morgan fingerprint density at radius 3 is 2.74 bits per heavy atom. The number of carbonyl (C=O) groups excluding carboxylic acids is 1. The number of carbonyl (C=O) groups is 1. The number of aromatic nitrogens is 3. The summed E-state index contributed by atoms with van der Waals surface area (Å²) in [5.74, 6) is -0.166. The van der Waals surface area contributed by atoms with E-state index in [2.05, 4.69) is 34.6 Å². The van der Waals surface area contributed by atoms with Crippen LogP contribution in [0.2, 0.25) is 0 Å². The van der Waals surface area contributed by atoms with E-state index < -0.39 is 0 Å². The van der Waals surface area contributed by atoms with Gasteiger partial charge in [0.25, 0.3) is 5.91 Å². The average Bonchev–Trinajstić information content (AvgIpc) is 3.22. The van der Waals surface area contributed by atoms with Crippen LogP contribution in [0.25, 0.3) is 21.1 Å². The first-order valence-electron chi connectivity index (χ1n) is 7.62.